The zero-order valence-corrected chi connectivity index (χ0v) is 37.6. The molecule has 11 aromatic carbocycles. The summed E-state index contributed by atoms with van der Waals surface area (Å²) < 4.78 is 2.46. The molecule has 0 N–H and O–H groups in total. The lowest BCUT2D eigenvalue weighted by atomic mass is 9.91. The molecule has 0 unspecified atom stereocenters. The zero-order chi connectivity index (χ0) is 45.0. The van der Waals surface area contributed by atoms with E-state index in [1.165, 1.54) is 104 Å². The Kier molecular flexibility index (Phi) is 9.68. The first kappa shape index (κ1) is 39.6. The first-order valence-corrected chi connectivity index (χ1v) is 23.7. The van der Waals surface area contributed by atoms with E-state index in [4.69, 9.17) is 0 Å². The summed E-state index contributed by atoms with van der Waals surface area (Å²) in [4.78, 5) is 2.48. The molecule has 0 radical (unpaired) electrons. The van der Waals surface area contributed by atoms with Gasteiger partial charge in [0.1, 0.15) is 0 Å². The summed E-state index contributed by atoms with van der Waals surface area (Å²) in [5.74, 6) is 0. The van der Waals surface area contributed by atoms with Crippen LogP contribution in [0.2, 0.25) is 0 Å². The van der Waals surface area contributed by atoms with Gasteiger partial charge in [-0.25, -0.2) is 0 Å². The third kappa shape index (κ3) is 6.81. The molecule has 0 aliphatic heterocycles. The molecule has 0 spiro atoms. The summed E-state index contributed by atoms with van der Waals surface area (Å²) in [5, 5.41) is 10.1. The fourth-order valence-corrected chi connectivity index (χ4v) is 10.9. The summed E-state index contributed by atoms with van der Waals surface area (Å²) in [6.45, 7) is 0. The van der Waals surface area contributed by atoms with Crippen LogP contribution in [0.3, 0.4) is 0 Å². The van der Waals surface area contributed by atoms with E-state index < -0.39 is 0 Å². The van der Waals surface area contributed by atoms with Crippen LogP contribution in [0.25, 0.3) is 98.8 Å². The van der Waals surface area contributed by atoms with Crippen LogP contribution in [-0.4, -0.2) is 4.57 Å². The minimum absolute atomic E-state index is 0.904. The summed E-state index contributed by atoms with van der Waals surface area (Å²) in [6.07, 6.45) is 6.56. The van der Waals surface area contributed by atoms with Gasteiger partial charge in [0.2, 0.25) is 0 Å². The standard InChI is InChI=1S/C66H46N2/c1-2-21-53(22-3-1)68-64-30-11-10-27-62(64)65-63(44-52-17-6-9-26-61(52)66(65)68)51-20-12-23-56(43-51)67(55-41-37-50(38-42-55)60-29-14-19-48-16-5-8-25-58(48)60)54-39-35-46(36-40-54)45-31-33-49(34-32-45)59-28-13-18-47-15-4-7-24-57(47)59/h1-37,39-41,43-44H,38,42H2. The van der Waals surface area contributed by atoms with Gasteiger partial charge in [-0.2, -0.15) is 0 Å². The highest BCUT2D eigenvalue weighted by Crippen LogP contribution is 2.45. The maximum absolute atomic E-state index is 2.48. The molecule has 2 nitrogen and oxygen atoms in total. The van der Waals surface area contributed by atoms with Crippen molar-refractivity contribution in [3.63, 3.8) is 0 Å². The normalized spacial score (nSPS) is 12.8. The Labute approximate surface area is 396 Å². The molecule has 1 aliphatic carbocycles. The molecule has 0 atom stereocenters. The molecule has 0 saturated carbocycles. The lowest BCUT2D eigenvalue weighted by molar-refractivity contribution is 0.931. The van der Waals surface area contributed by atoms with Crippen molar-refractivity contribution < 1.29 is 0 Å². The van der Waals surface area contributed by atoms with Gasteiger partial charge in [-0.1, -0.05) is 200 Å². The van der Waals surface area contributed by atoms with Crippen LogP contribution >= 0.6 is 0 Å². The number of fused-ring (bicyclic) bond motifs is 7. The minimum atomic E-state index is 0.904. The van der Waals surface area contributed by atoms with Crippen LogP contribution in [0.4, 0.5) is 11.4 Å². The van der Waals surface area contributed by atoms with E-state index in [1.807, 2.05) is 0 Å². The molecule has 0 saturated heterocycles. The van der Waals surface area contributed by atoms with Crippen LogP contribution in [-0.2, 0) is 0 Å². The van der Waals surface area contributed by atoms with Crippen LogP contribution in [0.1, 0.15) is 18.4 Å². The summed E-state index contributed by atoms with van der Waals surface area (Å²) >= 11 is 0. The number of benzene rings is 11. The van der Waals surface area contributed by atoms with Gasteiger partial charge in [0.25, 0.3) is 0 Å². The molecule has 320 valence electrons. The predicted octanol–water partition coefficient (Wildman–Crippen LogP) is 18.1. The van der Waals surface area contributed by atoms with Crippen LogP contribution in [0.15, 0.2) is 261 Å². The van der Waals surface area contributed by atoms with Crippen molar-refractivity contribution in [2.24, 2.45) is 0 Å². The van der Waals surface area contributed by atoms with Crippen molar-refractivity contribution in [1.29, 1.82) is 0 Å². The number of aromatic nitrogens is 1. The molecule has 1 aliphatic rings. The van der Waals surface area contributed by atoms with Crippen molar-refractivity contribution in [2.75, 3.05) is 4.90 Å². The van der Waals surface area contributed by atoms with Crippen molar-refractivity contribution >= 4 is 71.1 Å². The first-order valence-electron chi connectivity index (χ1n) is 23.7. The molecular weight excluding hydrogens is 821 g/mol. The Balaban J connectivity index is 0.941. The Hall–Kier alpha value is -8.72. The van der Waals surface area contributed by atoms with E-state index in [-0.39, 0.29) is 0 Å². The topological polar surface area (TPSA) is 8.17 Å². The average molecular weight is 867 g/mol. The molecule has 0 bridgehead atoms. The van der Waals surface area contributed by atoms with Gasteiger partial charge in [0.05, 0.1) is 11.0 Å². The monoisotopic (exact) mass is 866 g/mol. The Morgan fingerprint density at radius 1 is 0.338 bits per heavy atom. The van der Waals surface area contributed by atoms with Gasteiger partial charge >= 0.3 is 0 Å². The molecule has 1 aromatic heterocycles. The van der Waals surface area contributed by atoms with Crippen molar-refractivity contribution in [3.05, 3.63) is 266 Å². The van der Waals surface area contributed by atoms with Gasteiger partial charge in [0, 0.05) is 38.9 Å². The number of para-hydroxylation sites is 2. The largest absolute Gasteiger partial charge is 0.314 e. The molecule has 12 aromatic rings. The third-order valence-corrected chi connectivity index (χ3v) is 14.1. The minimum Gasteiger partial charge on any atom is -0.314 e. The smallest absolute Gasteiger partial charge is 0.0625 e. The zero-order valence-electron chi connectivity index (χ0n) is 37.6. The number of hydrogen-bond acceptors (Lipinski definition) is 1. The van der Waals surface area contributed by atoms with Gasteiger partial charge < -0.3 is 9.47 Å². The van der Waals surface area contributed by atoms with Crippen molar-refractivity contribution in [1.82, 2.24) is 4.57 Å². The number of anilines is 2. The molecule has 13 rings (SSSR count). The maximum Gasteiger partial charge on any atom is 0.0625 e. The predicted molar refractivity (Wildman–Crippen MR) is 290 cm³/mol. The molecular formula is C66H46N2. The Bertz CT molecular complexity index is 3930. The van der Waals surface area contributed by atoms with Crippen molar-refractivity contribution in [2.45, 2.75) is 12.8 Å². The van der Waals surface area contributed by atoms with Crippen LogP contribution < -0.4 is 4.90 Å². The maximum atomic E-state index is 2.48. The molecule has 0 amide bonds. The highest BCUT2D eigenvalue weighted by Gasteiger charge is 2.23. The lowest BCUT2D eigenvalue weighted by Crippen LogP contribution is -2.18. The highest BCUT2D eigenvalue weighted by atomic mass is 15.1. The summed E-state index contributed by atoms with van der Waals surface area (Å²) in [6, 6.07) is 89.0. The van der Waals surface area contributed by atoms with Gasteiger partial charge in [-0.05, 0) is 139 Å². The summed E-state index contributed by atoms with van der Waals surface area (Å²) in [5.41, 5.74) is 17.1. The van der Waals surface area contributed by atoms with Gasteiger partial charge in [0.15, 0.2) is 0 Å². The van der Waals surface area contributed by atoms with E-state index in [2.05, 4.69) is 264 Å². The number of rotatable bonds is 8. The first-order chi connectivity index (χ1) is 33.7. The van der Waals surface area contributed by atoms with Crippen molar-refractivity contribution in [3.8, 4) is 39.1 Å². The van der Waals surface area contributed by atoms with Gasteiger partial charge in [-0.3, -0.25) is 0 Å². The van der Waals surface area contributed by atoms with Crippen LogP contribution in [0, 0.1) is 0 Å². The van der Waals surface area contributed by atoms with Gasteiger partial charge in [-0.15, -0.1) is 0 Å². The SMILES string of the molecule is C1=C(c2cccc3ccccc23)CCC(N(c2ccc(-c3ccc(-c4cccc5ccccc45)cc3)cc2)c2cccc(-c3cc4ccccc4c4c3c3ccccc3n4-c3ccccc3)c2)=C1. The molecule has 1 heterocycles. The lowest BCUT2D eigenvalue weighted by Gasteiger charge is -2.30. The Morgan fingerprint density at radius 3 is 1.63 bits per heavy atom. The second-order valence-corrected chi connectivity index (χ2v) is 18.0. The number of allylic oxidation sites excluding steroid dienone is 4. The molecule has 0 fully saturated rings. The average Bonchev–Trinajstić information content (AvgIpc) is 3.77. The van der Waals surface area contributed by atoms with E-state index in [0.717, 1.165) is 29.9 Å². The fourth-order valence-electron chi connectivity index (χ4n) is 10.9. The van der Waals surface area contributed by atoms with E-state index >= 15 is 0 Å². The number of nitrogens with zero attached hydrogens (tertiary/aromatic N) is 2. The van der Waals surface area contributed by atoms with Crippen LogP contribution in [0.5, 0.6) is 0 Å². The second-order valence-electron chi connectivity index (χ2n) is 18.0. The fraction of sp³-hybridized carbons (Fsp3) is 0.0303. The molecule has 2 heteroatoms. The third-order valence-electron chi connectivity index (χ3n) is 14.1. The Morgan fingerprint density at radius 2 is 0.912 bits per heavy atom. The summed E-state index contributed by atoms with van der Waals surface area (Å²) in [7, 11) is 0. The van der Waals surface area contributed by atoms with E-state index in [1.54, 1.807) is 0 Å². The number of hydrogen-bond donors (Lipinski definition) is 0. The van der Waals surface area contributed by atoms with E-state index in [0.29, 0.717) is 0 Å². The molecule has 68 heavy (non-hydrogen) atoms. The van der Waals surface area contributed by atoms with E-state index in [9.17, 15) is 0 Å². The quantitative estimate of drug-likeness (QED) is 0.148. The second kappa shape index (κ2) is 16.6. The highest BCUT2D eigenvalue weighted by molar-refractivity contribution is 6.24.